The van der Waals surface area contributed by atoms with Crippen molar-refractivity contribution in [2.45, 2.75) is 6.92 Å². The second-order valence-electron chi connectivity index (χ2n) is 3.40. The summed E-state index contributed by atoms with van der Waals surface area (Å²) >= 11 is 0. The van der Waals surface area contributed by atoms with Crippen LogP contribution < -0.4 is 10.5 Å². The largest absolute Gasteiger partial charge is 0.437 e. The second-order valence-corrected chi connectivity index (χ2v) is 3.40. The molecule has 0 saturated carbocycles. The number of ether oxygens (including phenoxy) is 1. The third-order valence-corrected chi connectivity index (χ3v) is 2.29. The molecule has 0 spiro atoms. The van der Waals surface area contributed by atoms with Crippen LogP contribution in [0, 0.1) is 18.3 Å². The van der Waals surface area contributed by atoms with Crippen LogP contribution in [0.3, 0.4) is 0 Å². The summed E-state index contributed by atoms with van der Waals surface area (Å²) in [4.78, 5) is 7.83. The van der Waals surface area contributed by atoms with Crippen molar-refractivity contribution >= 4 is 5.82 Å². The minimum Gasteiger partial charge on any atom is -0.437 e. The van der Waals surface area contributed by atoms with Gasteiger partial charge in [-0.3, -0.25) is 0 Å². The highest BCUT2D eigenvalue weighted by Gasteiger charge is 2.09. The zero-order valence-corrected chi connectivity index (χ0v) is 9.21. The van der Waals surface area contributed by atoms with Crippen LogP contribution in [0.1, 0.15) is 11.1 Å². The Bertz CT molecular complexity index is 589. The van der Waals surface area contributed by atoms with E-state index in [2.05, 4.69) is 16.0 Å². The van der Waals surface area contributed by atoms with Gasteiger partial charge in [0.2, 0.25) is 5.88 Å². The lowest BCUT2D eigenvalue weighted by Crippen LogP contribution is -1.99. The first kappa shape index (κ1) is 10.9. The van der Waals surface area contributed by atoms with Crippen LogP contribution in [-0.4, -0.2) is 9.97 Å². The number of anilines is 1. The van der Waals surface area contributed by atoms with E-state index >= 15 is 0 Å². The minimum atomic E-state index is 0.361. The predicted molar refractivity (Wildman–Crippen MR) is 62.4 cm³/mol. The van der Waals surface area contributed by atoms with Gasteiger partial charge in [0.15, 0.2) is 0 Å². The summed E-state index contributed by atoms with van der Waals surface area (Å²) in [6, 6.07) is 8.99. The van der Waals surface area contributed by atoms with Crippen LogP contribution in [0.4, 0.5) is 5.82 Å². The molecule has 2 N–H and O–H groups in total. The molecule has 2 rings (SSSR count). The number of hydrogen-bond acceptors (Lipinski definition) is 5. The summed E-state index contributed by atoms with van der Waals surface area (Å²) in [5.41, 5.74) is 6.75. The SMILES string of the molecule is Cc1c(N)ncnc1Oc1ccccc1C#N. The van der Waals surface area contributed by atoms with Gasteiger partial charge in [-0.25, -0.2) is 9.97 Å². The average molecular weight is 226 g/mol. The molecular weight excluding hydrogens is 216 g/mol. The van der Waals surface area contributed by atoms with Crippen LogP contribution in [0.5, 0.6) is 11.6 Å². The molecule has 0 fully saturated rings. The first-order valence-electron chi connectivity index (χ1n) is 4.96. The fraction of sp³-hybridized carbons (Fsp3) is 0.0833. The van der Waals surface area contributed by atoms with E-state index in [-0.39, 0.29) is 0 Å². The quantitative estimate of drug-likeness (QED) is 0.846. The molecule has 1 aromatic heterocycles. The van der Waals surface area contributed by atoms with Gasteiger partial charge in [-0.1, -0.05) is 12.1 Å². The molecule has 0 aliphatic rings. The van der Waals surface area contributed by atoms with E-state index in [0.717, 1.165) is 0 Å². The highest BCUT2D eigenvalue weighted by molar-refractivity contribution is 5.48. The van der Waals surface area contributed by atoms with E-state index in [0.29, 0.717) is 28.6 Å². The smallest absolute Gasteiger partial charge is 0.227 e. The maximum atomic E-state index is 8.93. The Balaban J connectivity index is 2.39. The summed E-state index contributed by atoms with van der Waals surface area (Å²) in [5, 5.41) is 8.93. The predicted octanol–water partition coefficient (Wildman–Crippen LogP) is 2.03. The summed E-state index contributed by atoms with van der Waals surface area (Å²) in [6.07, 6.45) is 1.33. The number of nitrogens with zero attached hydrogens (tertiary/aromatic N) is 3. The Morgan fingerprint density at radius 2 is 2.06 bits per heavy atom. The Morgan fingerprint density at radius 1 is 1.29 bits per heavy atom. The van der Waals surface area contributed by atoms with E-state index in [1.165, 1.54) is 6.33 Å². The lowest BCUT2D eigenvalue weighted by atomic mass is 10.2. The topological polar surface area (TPSA) is 84.8 Å². The van der Waals surface area contributed by atoms with Crippen molar-refractivity contribution in [1.82, 2.24) is 9.97 Å². The van der Waals surface area contributed by atoms with E-state index in [1.807, 2.05) is 0 Å². The zero-order chi connectivity index (χ0) is 12.3. The number of nitriles is 1. The van der Waals surface area contributed by atoms with Gasteiger partial charge in [0.1, 0.15) is 24.0 Å². The van der Waals surface area contributed by atoms with Crippen LogP contribution in [-0.2, 0) is 0 Å². The monoisotopic (exact) mass is 226 g/mol. The second kappa shape index (κ2) is 4.49. The van der Waals surface area contributed by atoms with Gasteiger partial charge < -0.3 is 10.5 Å². The Morgan fingerprint density at radius 3 is 2.82 bits per heavy atom. The first-order valence-corrected chi connectivity index (χ1v) is 4.96. The van der Waals surface area contributed by atoms with Gasteiger partial charge in [-0.15, -0.1) is 0 Å². The van der Waals surface area contributed by atoms with E-state index in [4.69, 9.17) is 15.7 Å². The maximum Gasteiger partial charge on any atom is 0.227 e. The van der Waals surface area contributed by atoms with Gasteiger partial charge in [0.25, 0.3) is 0 Å². The van der Waals surface area contributed by atoms with Crippen LogP contribution in [0.15, 0.2) is 30.6 Å². The van der Waals surface area contributed by atoms with Gasteiger partial charge in [-0.05, 0) is 19.1 Å². The van der Waals surface area contributed by atoms with Gasteiger partial charge in [0, 0.05) is 0 Å². The van der Waals surface area contributed by atoms with Crippen molar-refractivity contribution in [3.05, 3.63) is 41.7 Å². The number of benzene rings is 1. The Labute approximate surface area is 98.5 Å². The maximum absolute atomic E-state index is 8.93. The lowest BCUT2D eigenvalue weighted by Gasteiger charge is -2.08. The summed E-state index contributed by atoms with van der Waals surface area (Å²) in [5.74, 6) is 1.18. The Hall–Kier alpha value is -2.61. The fourth-order valence-corrected chi connectivity index (χ4v) is 1.30. The number of nitrogens with two attached hydrogens (primary N) is 1. The lowest BCUT2D eigenvalue weighted by molar-refractivity contribution is 0.456. The molecule has 0 bridgehead atoms. The zero-order valence-electron chi connectivity index (χ0n) is 9.21. The summed E-state index contributed by atoms with van der Waals surface area (Å²) in [6.45, 7) is 1.76. The first-order chi connectivity index (χ1) is 8.22. The third-order valence-electron chi connectivity index (χ3n) is 2.29. The van der Waals surface area contributed by atoms with Crippen molar-refractivity contribution in [2.75, 3.05) is 5.73 Å². The molecule has 0 aliphatic carbocycles. The summed E-state index contributed by atoms with van der Waals surface area (Å²) < 4.78 is 5.56. The van der Waals surface area contributed by atoms with Crippen LogP contribution in [0.2, 0.25) is 0 Å². The molecule has 0 saturated heterocycles. The highest BCUT2D eigenvalue weighted by atomic mass is 16.5. The van der Waals surface area contributed by atoms with Gasteiger partial charge in [-0.2, -0.15) is 5.26 Å². The molecule has 5 heteroatoms. The van der Waals surface area contributed by atoms with E-state index in [1.54, 1.807) is 31.2 Å². The molecule has 1 aromatic carbocycles. The molecule has 2 aromatic rings. The molecule has 0 amide bonds. The Kier molecular flexibility index (Phi) is 2.88. The fourth-order valence-electron chi connectivity index (χ4n) is 1.30. The normalized spacial score (nSPS) is 9.65. The van der Waals surface area contributed by atoms with Crippen LogP contribution in [0.25, 0.3) is 0 Å². The minimum absolute atomic E-state index is 0.361. The molecule has 1 heterocycles. The standard InChI is InChI=1S/C12H10N4O/c1-8-11(14)15-7-16-12(8)17-10-5-3-2-4-9(10)6-13/h2-5,7H,1H3,(H2,14,15,16). The third kappa shape index (κ3) is 2.16. The number of hydrogen-bond donors (Lipinski definition) is 1. The number of aromatic nitrogens is 2. The average Bonchev–Trinajstić information content (AvgIpc) is 2.35. The molecular formula is C12H10N4O. The molecule has 0 radical (unpaired) electrons. The van der Waals surface area contributed by atoms with E-state index < -0.39 is 0 Å². The molecule has 5 nitrogen and oxygen atoms in total. The molecule has 0 unspecified atom stereocenters. The van der Waals surface area contributed by atoms with Crippen molar-refractivity contribution in [2.24, 2.45) is 0 Å². The van der Waals surface area contributed by atoms with Crippen molar-refractivity contribution in [3.8, 4) is 17.7 Å². The number of rotatable bonds is 2. The van der Waals surface area contributed by atoms with Gasteiger partial charge in [0.05, 0.1) is 11.1 Å². The number of para-hydroxylation sites is 1. The van der Waals surface area contributed by atoms with Crippen molar-refractivity contribution in [1.29, 1.82) is 5.26 Å². The molecule has 0 aliphatic heterocycles. The molecule has 84 valence electrons. The summed E-state index contributed by atoms with van der Waals surface area (Å²) in [7, 11) is 0. The van der Waals surface area contributed by atoms with E-state index in [9.17, 15) is 0 Å². The highest BCUT2D eigenvalue weighted by Crippen LogP contribution is 2.26. The van der Waals surface area contributed by atoms with Crippen molar-refractivity contribution in [3.63, 3.8) is 0 Å². The van der Waals surface area contributed by atoms with Crippen molar-refractivity contribution < 1.29 is 4.74 Å². The van der Waals surface area contributed by atoms with Crippen LogP contribution >= 0.6 is 0 Å². The molecule has 0 atom stereocenters. The van der Waals surface area contributed by atoms with Gasteiger partial charge >= 0.3 is 0 Å². The molecule has 17 heavy (non-hydrogen) atoms. The number of nitrogen functional groups attached to an aromatic ring is 1.